The molecule has 0 saturated heterocycles. The van der Waals surface area contributed by atoms with Crippen molar-refractivity contribution in [2.24, 2.45) is 0 Å². The van der Waals surface area contributed by atoms with Gasteiger partial charge in [-0.15, -0.1) is 0 Å². The largest absolute Gasteiger partial charge is 0.427 e. The normalized spacial score (nSPS) is 10.4. The molecule has 82 valence electrons. The minimum absolute atomic E-state index is 0.296. The average Bonchev–Trinajstić information content (AvgIpc) is 2.27. The van der Waals surface area contributed by atoms with Crippen molar-refractivity contribution in [3.05, 3.63) is 42.0 Å². The summed E-state index contributed by atoms with van der Waals surface area (Å²) in [6.07, 6.45) is 0. The molecule has 0 aromatic heterocycles. The van der Waals surface area contributed by atoms with E-state index < -0.39 is 0 Å². The minimum Gasteiger partial charge on any atom is -0.427 e. The molecule has 0 saturated carbocycles. The first-order chi connectivity index (χ1) is 7.70. The topological polar surface area (TPSA) is 26.3 Å². The van der Waals surface area contributed by atoms with E-state index in [4.69, 9.17) is 4.74 Å². The van der Waals surface area contributed by atoms with Gasteiger partial charge in [-0.1, -0.05) is 40.2 Å². The zero-order valence-electron chi connectivity index (χ0n) is 8.87. The Morgan fingerprint density at radius 3 is 2.75 bits per heavy atom. The smallest absolute Gasteiger partial charge is 0.308 e. The first-order valence-corrected chi connectivity index (χ1v) is 6.09. The zero-order chi connectivity index (χ0) is 11.5. The molecular weight excluding hydrogens is 268 g/mol. The Kier molecular flexibility index (Phi) is 3.25. The van der Waals surface area contributed by atoms with E-state index in [1.165, 1.54) is 12.3 Å². The average molecular weight is 279 g/mol. The fourth-order valence-corrected chi connectivity index (χ4v) is 2.16. The van der Waals surface area contributed by atoms with Crippen LogP contribution in [0.4, 0.5) is 0 Å². The predicted molar refractivity (Wildman–Crippen MR) is 67.9 cm³/mol. The van der Waals surface area contributed by atoms with Crippen molar-refractivity contribution < 1.29 is 9.53 Å². The molecule has 0 N–H and O–H groups in total. The third kappa shape index (κ3) is 2.25. The maximum absolute atomic E-state index is 10.9. The van der Waals surface area contributed by atoms with Gasteiger partial charge in [-0.25, -0.2) is 0 Å². The van der Waals surface area contributed by atoms with Crippen LogP contribution >= 0.6 is 15.9 Å². The van der Waals surface area contributed by atoms with E-state index in [1.54, 1.807) is 0 Å². The number of esters is 1. The Balaban J connectivity index is 2.58. The molecule has 0 amide bonds. The zero-order valence-corrected chi connectivity index (χ0v) is 10.5. The number of alkyl halides is 1. The standard InChI is InChI=1S/C13H11BrO2/c1-9(15)16-12-6-10-4-2-3-5-13(10)11(7-12)8-14/h2-7H,8H2,1H3. The molecule has 2 rings (SSSR count). The Morgan fingerprint density at radius 2 is 2.06 bits per heavy atom. The Bertz CT molecular complexity index is 534. The predicted octanol–water partition coefficient (Wildman–Crippen LogP) is 3.66. The maximum atomic E-state index is 10.9. The highest BCUT2D eigenvalue weighted by atomic mass is 79.9. The highest BCUT2D eigenvalue weighted by molar-refractivity contribution is 9.08. The number of benzene rings is 2. The van der Waals surface area contributed by atoms with Gasteiger partial charge in [0.25, 0.3) is 0 Å². The number of hydrogen-bond acceptors (Lipinski definition) is 2. The van der Waals surface area contributed by atoms with E-state index in [9.17, 15) is 4.79 Å². The summed E-state index contributed by atoms with van der Waals surface area (Å²) in [6, 6.07) is 11.8. The maximum Gasteiger partial charge on any atom is 0.308 e. The van der Waals surface area contributed by atoms with E-state index in [0.29, 0.717) is 5.75 Å². The monoisotopic (exact) mass is 278 g/mol. The van der Waals surface area contributed by atoms with Crippen LogP contribution in [-0.4, -0.2) is 5.97 Å². The van der Waals surface area contributed by atoms with E-state index in [2.05, 4.69) is 22.0 Å². The van der Waals surface area contributed by atoms with E-state index in [0.717, 1.165) is 16.3 Å². The Hall–Kier alpha value is -1.35. The molecule has 0 unspecified atom stereocenters. The highest BCUT2D eigenvalue weighted by Gasteiger charge is 2.05. The van der Waals surface area contributed by atoms with E-state index >= 15 is 0 Å². The molecule has 2 aromatic carbocycles. The molecule has 2 nitrogen and oxygen atoms in total. The molecule has 0 radical (unpaired) electrons. The lowest BCUT2D eigenvalue weighted by Gasteiger charge is -2.07. The van der Waals surface area contributed by atoms with Gasteiger partial charge in [0.2, 0.25) is 0 Å². The van der Waals surface area contributed by atoms with Crippen molar-refractivity contribution in [2.75, 3.05) is 0 Å². The summed E-state index contributed by atoms with van der Waals surface area (Å²) in [5, 5.41) is 2.99. The van der Waals surface area contributed by atoms with Crippen LogP contribution < -0.4 is 4.74 Å². The van der Waals surface area contributed by atoms with Crippen molar-refractivity contribution in [2.45, 2.75) is 12.3 Å². The highest BCUT2D eigenvalue weighted by Crippen LogP contribution is 2.27. The van der Waals surface area contributed by atoms with Crippen LogP contribution in [0.3, 0.4) is 0 Å². The number of halogens is 1. The summed E-state index contributed by atoms with van der Waals surface area (Å²) in [5.41, 5.74) is 1.12. The molecule has 0 aliphatic rings. The molecule has 2 aromatic rings. The van der Waals surface area contributed by atoms with Gasteiger partial charge in [-0.3, -0.25) is 4.79 Å². The molecule has 3 heteroatoms. The lowest BCUT2D eigenvalue weighted by atomic mass is 10.1. The summed E-state index contributed by atoms with van der Waals surface area (Å²) < 4.78 is 5.11. The van der Waals surface area contributed by atoms with Crippen LogP contribution in [-0.2, 0) is 10.1 Å². The summed E-state index contributed by atoms with van der Waals surface area (Å²) in [7, 11) is 0. The summed E-state index contributed by atoms with van der Waals surface area (Å²) in [5.74, 6) is 0.302. The van der Waals surface area contributed by atoms with Crippen molar-refractivity contribution in [1.29, 1.82) is 0 Å². The first-order valence-electron chi connectivity index (χ1n) is 4.97. The van der Waals surface area contributed by atoms with E-state index in [-0.39, 0.29) is 5.97 Å². The summed E-state index contributed by atoms with van der Waals surface area (Å²) >= 11 is 3.44. The van der Waals surface area contributed by atoms with Gasteiger partial charge >= 0.3 is 5.97 Å². The van der Waals surface area contributed by atoms with Gasteiger partial charge < -0.3 is 4.74 Å². The lowest BCUT2D eigenvalue weighted by Crippen LogP contribution is -2.01. The van der Waals surface area contributed by atoms with Crippen LogP contribution in [0.25, 0.3) is 10.8 Å². The van der Waals surface area contributed by atoms with Gasteiger partial charge in [0.05, 0.1) is 0 Å². The summed E-state index contributed by atoms with van der Waals surface area (Å²) in [4.78, 5) is 10.9. The van der Waals surface area contributed by atoms with Crippen molar-refractivity contribution >= 4 is 32.7 Å². The molecule has 0 heterocycles. The van der Waals surface area contributed by atoms with Crippen LogP contribution in [0.5, 0.6) is 5.75 Å². The fourth-order valence-electron chi connectivity index (χ4n) is 1.70. The van der Waals surface area contributed by atoms with Crippen molar-refractivity contribution in [3.63, 3.8) is 0 Å². The SMILES string of the molecule is CC(=O)Oc1cc(CBr)c2ccccc2c1. The number of hydrogen-bond donors (Lipinski definition) is 0. The van der Waals surface area contributed by atoms with Gasteiger partial charge in [-0.05, 0) is 28.5 Å². The second-order valence-electron chi connectivity index (χ2n) is 3.53. The number of carbonyl (C=O) groups is 1. The molecular formula is C13H11BrO2. The number of rotatable bonds is 2. The quantitative estimate of drug-likeness (QED) is 0.476. The van der Waals surface area contributed by atoms with Gasteiger partial charge in [0, 0.05) is 12.3 Å². The third-order valence-electron chi connectivity index (χ3n) is 2.33. The Morgan fingerprint density at radius 1 is 1.31 bits per heavy atom. The van der Waals surface area contributed by atoms with Crippen LogP contribution in [0.1, 0.15) is 12.5 Å². The molecule has 0 spiro atoms. The van der Waals surface area contributed by atoms with Crippen LogP contribution in [0.2, 0.25) is 0 Å². The molecule has 0 aliphatic carbocycles. The van der Waals surface area contributed by atoms with Crippen molar-refractivity contribution in [3.8, 4) is 5.75 Å². The van der Waals surface area contributed by atoms with Crippen LogP contribution in [0, 0.1) is 0 Å². The lowest BCUT2D eigenvalue weighted by molar-refractivity contribution is -0.131. The number of fused-ring (bicyclic) bond motifs is 1. The molecule has 16 heavy (non-hydrogen) atoms. The molecule has 0 aliphatic heterocycles. The second kappa shape index (κ2) is 4.66. The Labute approximate surface area is 102 Å². The van der Waals surface area contributed by atoms with Gasteiger partial charge in [0.1, 0.15) is 5.75 Å². The number of carbonyl (C=O) groups excluding carboxylic acids is 1. The van der Waals surface area contributed by atoms with Crippen LogP contribution in [0.15, 0.2) is 36.4 Å². The fraction of sp³-hybridized carbons (Fsp3) is 0.154. The number of ether oxygens (including phenoxy) is 1. The van der Waals surface area contributed by atoms with Gasteiger partial charge in [-0.2, -0.15) is 0 Å². The summed E-state index contributed by atoms with van der Waals surface area (Å²) in [6.45, 7) is 1.41. The van der Waals surface area contributed by atoms with E-state index in [1.807, 2.05) is 30.3 Å². The molecule has 0 atom stereocenters. The molecule has 0 bridgehead atoms. The molecule has 0 fully saturated rings. The van der Waals surface area contributed by atoms with Gasteiger partial charge in [0.15, 0.2) is 0 Å². The second-order valence-corrected chi connectivity index (χ2v) is 4.09. The minimum atomic E-state index is -0.296. The first kappa shape index (κ1) is 11.1. The third-order valence-corrected chi connectivity index (χ3v) is 2.93. The van der Waals surface area contributed by atoms with Crippen molar-refractivity contribution in [1.82, 2.24) is 0 Å².